The van der Waals surface area contributed by atoms with Gasteiger partial charge in [0.15, 0.2) is 0 Å². The van der Waals surface area contributed by atoms with Crippen LogP contribution < -0.4 is 10.1 Å². The maximum absolute atomic E-state index is 12.6. The number of allylic oxidation sites excluding steroid dienone is 1. The Labute approximate surface area is 149 Å². The molecular weight excluding hydrogens is 349 g/mol. The third-order valence-electron chi connectivity index (χ3n) is 4.08. The molecule has 0 saturated heterocycles. The molecule has 24 heavy (non-hydrogen) atoms. The van der Waals surface area contributed by atoms with Crippen LogP contribution in [-0.4, -0.2) is 12.4 Å². The minimum absolute atomic E-state index is 0.0489. The lowest BCUT2D eigenvalue weighted by Crippen LogP contribution is -2.48. The SMILES string of the molecule is CCOC12Oc3ccc(Cl)cc3NC1=C(Cl)C(=O)c1ccccc12. The molecule has 1 aliphatic heterocycles. The molecular formula is C18H13Cl2NO3. The van der Waals surface area contributed by atoms with Crippen molar-refractivity contribution in [3.63, 3.8) is 0 Å². The third-order valence-corrected chi connectivity index (χ3v) is 4.67. The van der Waals surface area contributed by atoms with E-state index in [4.69, 9.17) is 32.7 Å². The van der Waals surface area contributed by atoms with E-state index in [1.54, 1.807) is 30.3 Å². The van der Waals surface area contributed by atoms with Crippen LogP contribution in [0.15, 0.2) is 53.2 Å². The van der Waals surface area contributed by atoms with Gasteiger partial charge in [-0.1, -0.05) is 47.5 Å². The Hall–Kier alpha value is -2.01. The molecule has 122 valence electrons. The van der Waals surface area contributed by atoms with Crippen LogP contribution in [0.3, 0.4) is 0 Å². The summed E-state index contributed by atoms with van der Waals surface area (Å²) in [4.78, 5) is 12.6. The van der Waals surface area contributed by atoms with Gasteiger partial charge in [0.05, 0.1) is 5.69 Å². The Balaban J connectivity index is 2.00. The predicted octanol–water partition coefficient (Wildman–Crippen LogP) is 4.68. The topological polar surface area (TPSA) is 47.6 Å². The van der Waals surface area contributed by atoms with Crippen LogP contribution in [0.5, 0.6) is 5.75 Å². The van der Waals surface area contributed by atoms with Crippen LogP contribution in [0, 0.1) is 0 Å². The largest absolute Gasteiger partial charge is 0.450 e. The van der Waals surface area contributed by atoms with Crippen molar-refractivity contribution in [1.82, 2.24) is 0 Å². The molecule has 1 unspecified atom stereocenters. The Morgan fingerprint density at radius 1 is 1.21 bits per heavy atom. The molecule has 0 radical (unpaired) electrons. The first kappa shape index (κ1) is 15.5. The van der Waals surface area contributed by atoms with Gasteiger partial charge in [-0.05, 0) is 25.1 Å². The lowest BCUT2D eigenvalue weighted by Gasteiger charge is -2.43. The van der Waals surface area contributed by atoms with Gasteiger partial charge in [-0.2, -0.15) is 0 Å². The molecule has 1 aliphatic carbocycles. The lowest BCUT2D eigenvalue weighted by atomic mass is 9.87. The molecule has 2 aliphatic rings. The summed E-state index contributed by atoms with van der Waals surface area (Å²) < 4.78 is 12.2. The van der Waals surface area contributed by atoms with Gasteiger partial charge >= 0.3 is 0 Å². The summed E-state index contributed by atoms with van der Waals surface area (Å²) in [5.41, 5.74) is 2.12. The number of hydrogen-bond acceptors (Lipinski definition) is 4. The minimum atomic E-state index is -1.28. The van der Waals surface area contributed by atoms with Crippen molar-refractivity contribution in [2.45, 2.75) is 12.7 Å². The van der Waals surface area contributed by atoms with Crippen molar-refractivity contribution in [3.05, 3.63) is 69.3 Å². The molecule has 0 aromatic heterocycles. The van der Waals surface area contributed by atoms with Gasteiger partial charge in [-0.3, -0.25) is 4.79 Å². The quantitative estimate of drug-likeness (QED) is 0.843. The number of fused-ring (bicyclic) bond motifs is 4. The number of anilines is 1. The first-order valence-corrected chi connectivity index (χ1v) is 8.26. The molecule has 1 heterocycles. The van der Waals surface area contributed by atoms with Crippen molar-refractivity contribution < 1.29 is 14.3 Å². The molecule has 0 amide bonds. The van der Waals surface area contributed by atoms with Crippen LogP contribution in [0.4, 0.5) is 5.69 Å². The van der Waals surface area contributed by atoms with Crippen molar-refractivity contribution >= 4 is 34.7 Å². The molecule has 0 fully saturated rings. The average molecular weight is 362 g/mol. The van der Waals surface area contributed by atoms with Gasteiger partial charge in [0.2, 0.25) is 5.78 Å². The summed E-state index contributed by atoms with van der Waals surface area (Å²) in [5, 5.41) is 3.78. The van der Waals surface area contributed by atoms with Gasteiger partial charge in [0.1, 0.15) is 16.5 Å². The Morgan fingerprint density at radius 2 is 2.00 bits per heavy atom. The van der Waals surface area contributed by atoms with Crippen molar-refractivity contribution in [1.29, 1.82) is 0 Å². The summed E-state index contributed by atoms with van der Waals surface area (Å²) in [5.74, 6) is -0.971. The zero-order chi connectivity index (χ0) is 16.9. The smallest absolute Gasteiger partial charge is 0.281 e. The normalized spacial score (nSPS) is 21.4. The number of ether oxygens (including phenoxy) is 2. The second-order valence-corrected chi connectivity index (χ2v) is 6.30. The van der Waals surface area contributed by atoms with E-state index in [2.05, 4.69) is 5.32 Å². The van der Waals surface area contributed by atoms with E-state index in [0.717, 1.165) is 0 Å². The number of ketones is 1. The van der Waals surface area contributed by atoms with Gasteiger partial charge in [0, 0.05) is 22.8 Å². The molecule has 4 nitrogen and oxygen atoms in total. The number of carbonyl (C=O) groups is 1. The molecule has 4 rings (SSSR count). The first-order chi connectivity index (χ1) is 11.6. The summed E-state index contributed by atoms with van der Waals surface area (Å²) in [6.07, 6.45) is 0. The van der Waals surface area contributed by atoms with Gasteiger partial charge in [-0.15, -0.1) is 0 Å². The second kappa shape index (κ2) is 5.52. The van der Waals surface area contributed by atoms with E-state index < -0.39 is 5.79 Å². The van der Waals surface area contributed by atoms with Crippen LogP contribution in [0.2, 0.25) is 5.02 Å². The van der Waals surface area contributed by atoms with Gasteiger partial charge in [-0.25, -0.2) is 0 Å². The van der Waals surface area contributed by atoms with E-state index in [-0.39, 0.29) is 10.8 Å². The van der Waals surface area contributed by atoms with E-state index in [1.165, 1.54) is 0 Å². The summed E-state index contributed by atoms with van der Waals surface area (Å²) >= 11 is 12.4. The van der Waals surface area contributed by atoms with Crippen molar-refractivity contribution in [3.8, 4) is 5.75 Å². The molecule has 2 aromatic carbocycles. The van der Waals surface area contributed by atoms with Gasteiger partial charge in [0.25, 0.3) is 5.79 Å². The molecule has 0 bridgehead atoms. The zero-order valence-electron chi connectivity index (χ0n) is 12.7. The van der Waals surface area contributed by atoms with E-state index >= 15 is 0 Å². The van der Waals surface area contributed by atoms with Crippen LogP contribution in [0.1, 0.15) is 22.8 Å². The second-order valence-electron chi connectivity index (χ2n) is 5.48. The van der Waals surface area contributed by atoms with E-state index in [9.17, 15) is 4.79 Å². The molecule has 1 atom stereocenters. The van der Waals surface area contributed by atoms with Crippen molar-refractivity contribution in [2.75, 3.05) is 11.9 Å². The summed E-state index contributed by atoms with van der Waals surface area (Å²) in [7, 11) is 0. The average Bonchev–Trinajstić information content (AvgIpc) is 2.59. The number of rotatable bonds is 2. The number of carbonyl (C=O) groups excluding carboxylic acids is 1. The number of halogens is 2. The highest BCUT2D eigenvalue weighted by atomic mass is 35.5. The number of benzene rings is 2. The molecule has 1 N–H and O–H groups in total. The van der Waals surface area contributed by atoms with Crippen molar-refractivity contribution in [2.24, 2.45) is 0 Å². The maximum Gasteiger partial charge on any atom is 0.281 e. The highest BCUT2D eigenvalue weighted by Crippen LogP contribution is 2.50. The maximum atomic E-state index is 12.6. The zero-order valence-corrected chi connectivity index (χ0v) is 14.2. The Kier molecular flexibility index (Phi) is 3.57. The predicted molar refractivity (Wildman–Crippen MR) is 92.7 cm³/mol. The first-order valence-electron chi connectivity index (χ1n) is 7.51. The monoisotopic (exact) mass is 361 g/mol. The molecule has 6 heteroatoms. The summed E-state index contributed by atoms with van der Waals surface area (Å²) in [6, 6.07) is 12.4. The van der Waals surface area contributed by atoms with Crippen LogP contribution in [0.25, 0.3) is 0 Å². The van der Waals surface area contributed by atoms with E-state index in [1.807, 2.05) is 19.1 Å². The fourth-order valence-corrected chi connectivity index (χ4v) is 3.53. The molecule has 0 spiro atoms. The number of hydrogen-bond donors (Lipinski definition) is 1. The number of nitrogens with one attached hydrogen (secondary N) is 1. The van der Waals surface area contributed by atoms with Crippen LogP contribution in [-0.2, 0) is 10.5 Å². The standard InChI is InChI=1S/C18H13Cl2NO3/c1-2-23-18-12-6-4-3-5-11(12)16(22)15(20)17(18)21-13-9-10(19)7-8-14(13)24-18/h3-9,21H,2H2,1H3. The highest BCUT2D eigenvalue weighted by Gasteiger charge is 2.51. The van der Waals surface area contributed by atoms with E-state index in [0.29, 0.717) is 39.9 Å². The highest BCUT2D eigenvalue weighted by molar-refractivity contribution is 6.46. The number of Topliss-reactive ketones (excluding diaryl/α,β-unsaturated/α-hetero) is 1. The molecule has 2 aromatic rings. The third kappa shape index (κ3) is 2.07. The minimum Gasteiger partial charge on any atom is -0.450 e. The van der Waals surface area contributed by atoms with Crippen LogP contribution >= 0.6 is 23.2 Å². The lowest BCUT2D eigenvalue weighted by molar-refractivity contribution is -0.162. The fourth-order valence-electron chi connectivity index (χ4n) is 3.08. The Bertz CT molecular complexity index is 894. The molecule has 0 saturated carbocycles. The fraction of sp³-hybridized carbons (Fsp3) is 0.167. The van der Waals surface area contributed by atoms with Gasteiger partial charge < -0.3 is 14.8 Å². The summed E-state index contributed by atoms with van der Waals surface area (Å²) in [6.45, 7) is 2.24. The Morgan fingerprint density at radius 3 is 2.79 bits per heavy atom.